The number of allylic oxidation sites excluding steroid dienone is 1. The molecule has 0 saturated heterocycles. The fourth-order valence-corrected chi connectivity index (χ4v) is 3.09. The summed E-state index contributed by atoms with van der Waals surface area (Å²) in [6.45, 7) is 6.47. The lowest BCUT2D eigenvalue weighted by atomic mass is 9.81. The number of nitrogens with one attached hydrogen (secondary N) is 3. The summed E-state index contributed by atoms with van der Waals surface area (Å²) in [4.78, 5) is 12.5. The van der Waals surface area contributed by atoms with Gasteiger partial charge in [-0.25, -0.2) is 0 Å². The standard InChI is InChI=1S/C20H29F3N4O2/c1-11-5-16(18(29)25-8-12(24)9-28)27-17-14(11)6-13(26-10-20(21,22)23)7-15(17)19(2,3)4/h5-7,12,16,26-28H,8-10,24H2,1-4H3,(H,25,29)/t12-,16?/m1/s1. The SMILES string of the molecule is CC1=CC(C(=O)NC[C@@H](N)CO)Nc2c1cc(NCC(F)(F)F)cc2C(C)(C)C. The van der Waals surface area contributed by atoms with E-state index in [9.17, 15) is 18.0 Å². The summed E-state index contributed by atoms with van der Waals surface area (Å²) in [6.07, 6.45) is -2.60. The molecule has 0 fully saturated rings. The van der Waals surface area contributed by atoms with Gasteiger partial charge in [-0.3, -0.25) is 4.79 Å². The number of aliphatic hydroxyl groups is 1. The fraction of sp³-hybridized carbons (Fsp3) is 0.550. The molecular weight excluding hydrogens is 385 g/mol. The first kappa shape index (κ1) is 23.0. The molecule has 162 valence electrons. The maximum atomic E-state index is 12.6. The Morgan fingerprint density at radius 2 is 1.97 bits per heavy atom. The van der Waals surface area contributed by atoms with Crippen molar-refractivity contribution < 1.29 is 23.1 Å². The van der Waals surface area contributed by atoms with E-state index in [1.165, 1.54) is 0 Å². The second-order valence-corrected chi connectivity index (χ2v) is 8.32. The van der Waals surface area contributed by atoms with Crippen LogP contribution in [0.3, 0.4) is 0 Å². The van der Waals surface area contributed by atoms with Gasteiger partial charge < -0.3 is 26.8 Å². The summed E-state index contributed by atoms with van der Waals surface area (Å²) in [5, 5.41) is 17.3. The minimum atomic E-state index is -4.32. The Balaban J connectivity index is 2.35. The molecule has 6 nitrogen and oxygen atoms in total. The summed E-state index contributed by atoms with van der Waals surface area (Å²) in [7, 11) is 0. The van der Waals surface area contributed by atoms with Gasteiger partial charge in [-0.05, 0) is 41.7 Å². The summed E-state index contributed by atoms with van der Waals surface area (Å²) < 4.78 is 37.9. The Hall–Kier alpha value is -2.26. The molecule has 0 spiro atoms. The van der Waals surface area contributed by atoms with E-state index >= 15 is 0 Å². The average Bonchev–Trinajstić information content (AvgIpc) is 2.62. The second-order valence-electron chi connectivity index (χ2n) is 8.32. The lowest BCUT2D eigenvalue weighted by Gasteiger charge is -2.32. The van der Waals surface area contributed by atoms with Gasteiger partial charge in [-0.1, -0.05) is 20.8 Å². The number of nitrogens with two attached hydrogens (primary N) is 1. The molecule has 1 aromatic carbocycles. The molecule has 9 heteroatoms. The number of alkyl halides is 3. The highest BCUT2D eigenvalue weighted by Crippen LogP contribution is 2.40. The van der Waals surface area contributed by atoms with E-state index in [4.69, 9.17) is 10.8 Å². The van der Waals surface area contributed by atoms with Gasteiger partial charge in [0.05, 0.1) is 6.61 Å². The van der Waals surface area contributed by atoms with Gasteiger partial charge in [0.15, 0.2) is 0 Å². The number of amides is 1. The van der Waals surface area contributed by atoms with Crippen LogP contribution in [-0.4, -0.2) is 49.0 Å². The minimum Gasteiger partial charge on any atom is -0.395 e. The van der Waals surface area contributed by atoms with Crippen LogP contribution in [-0.2, 0) is 10.2 Å². The van der Waals surface area contributed by atoms with Crippen molar-refractivity contribution in [3.63, 3.8) is 0 Å². The number of benzene rings is 1. The number of rotatable bonds is 6. The third-order valence-electron chi connectivity index (χ3n) is 4.64. The van der Waals surface area contributed by atoms with Crippen molar-refractivity contribution in [2.45, 2.75) is 51.4 Å². The molecule has 6 N–H and O–H groups in total. The molecule has 1 unspecified atom stereocenters. The Bertz CT molecular complexity index is 785. The van der Waals surface area contributed by atoms with Gasteiger partial charge in [-0.2, -0.15) is 13.2 Å². The number of aliphatic hydroxyl groups excluding tert-OH is 1. The molecule has 0 bridgehead atoms. The maximum absolute atomic E-state index is 12.6. The monoisotopic (exact) mass is 414 g/mol. The largest absolute Gasteiger partial charge is 0.405 e. The molecule has 1 heterocycles. The van der Waals surface area contributed by atoms with Crippen molar-refractivity contribution in [2.24, 2.45) is 5.73 Å². The van der Waals surface area contributed by atoms with Crippen LogP contribution in [0.2, 0.25) is 0 Å². The lowest BCUT2D eigenvalue weighted by Crippen LogP contribution is -2.46. The Morgan fingerprint density at radius 3 is 2.52 bits per heavy atom. The van der Waals surface area contributed by atoms with Gasteiger partial charge in [0.2, 0.25) is 5.91 Å². The minimum absolute atomic E-state index is 0.139. The molecule has 1 aromatic rings. The van der Waals surface area contributed by atoms with Gasteiger partial charge in [-0.15, -0.1) is 0 Å². The molecule has 0 saturated carbocycles. The maximum Gasteiger partial charge on any atom is 0.405 e. The van der Waals surface area contributed by atoms with Crippen LogP contribution in [0.15, 0.2) is 18.2 Å². The number of carbonyl (C=O) groups excluding carboxylic acids is 1. The molecular formula is C20H29F3N4O2. The zero-order valence-corrected chi connectivity index (χ0v) is 17.1. The van der Waals surface area contributed by atoms with Crippen LogP contribution in [0.25, 0.3) is 5.57 Å². The normalized spacial score (nSPS) is 17.7. The number of hydrogen-bond donors (Lipinski definition) is 5. The summed E-state index contributed by atoms with van der Waals surface area (Å²) in [6, 6.07) is 2.15. The van der Waals surface area contributed by atoms with Crippen LogP contribution in [0, 0.1) is 0 Å². The first-order chi connectivity index (χ1) is 13.3. The van der Waals surface area contributed by atoms with Crippen molar-refractivity contribution in [2.75, 3.05) is 30.3 Å². The number of hydrogen-bond acceptors (Lipinski definition) is 5. The molecule has 2 rings (SSSR count). The summed E-state index contributed by atoms with van der Waals surface area (Å²) in [5.74, 6) is -0.293. The molecule has 1 amide bonds. The lowest BCUT2D eigenvalue weighted by molar-refractivity contribution is -0.121. The van der Waals surface area contributed by atoms with E-state index in [0.717, 1.165) is 22.4 Å². The molecule has 1 aliphatic rings. The van der Waals surface area contributed by atoms with E-state index in [0.29, 0.717) is 5.69 Å². The Morgan fingerprint density at radius 1 is 1.31 bits per heavy atom. The molecule has 0 aliphatic carbocycles. The van der Waals surface area contributed by atoms with Crippen molar-refractivity contribution in [1.82, 2.24) is 5.32 Å². The number of anilines is 2. The highest BCUT2D eigenvalue weighted by Gasteiger charge is 2.30. The van der Waals surface area contributed by atoms with Crippen LogP contribution in [0.1, 0.15) is 38.8 Å². The van der Waals surface area contributed by atoms with Crippen LogP contribution >= 0.6 is 0 Å². The molecule has 0 radical (unpaired) electrons. The average molecular weight is 414 g/mol. The van der Waals surface area contributed by atoms with E-state index in [1.54, 1.807) is 18.2 Å². The smallest absolute Gasteiger partial charge is 0.395 e. The van der Waals surface area contributed by atoms with Crippen LogP contribution in [0.5, 0.6) is 0 Å². The zero-order valence-electron chi connectivity index (χ0n) is 17.1. The summed E-state index contributed by atoms with van der Waals surface area (Å²) in [5.41, 5.74) is 8.69. The fourth-order valence-electron chi connectivity index (χ4n) is 3.09. The van der Waals surface area contributed by atoms with E-state index in [-0.39, 0.29) is 24.5 Å². The van der Waals surface area contributed by atoms with Crippen molar-refractivity contribution in [3.8, 4) is 0 Å². The third kappa shape index (κ3) is 6.11. The number of fused-ring (bicyclic) bond motifs is 1. The van der Waals surface area contributed by atoms with Crippen LogP contribution in [0.4, 0.5) is 24.5 Å². The highest BCUT2D eigenvalue weighted by molar-refractivity contribution is 5.94. The van der Waals surface area contributed by atoms with Crippen molar-refractivity contribution in [3.05, 3.63) is 29.3 Å². The third-order valence-corrected chi connectivity index (χ3v) is 4.64. The predicted octanol–water partition coefficient (Wildman–Crippen LogP) is 2.59. The topological polar surface area (TPSA) is 99.4 Å². The molecule has 29 heavy (non-hydrogen) atoms. The van der Waals surface area contributed by atoms with Crippen molar-refractivity contribution in [1.29, 1.82) is 0 Å². The molecule has 1 aliphatic heterocycles. The van der Waals surface area contributed by atoms with Crippen LogP contribution < -0.4 is 21.7 Å². The zero-order chi connectivity index (χ0) is 22.0. The van der Waals surface area contributed by atoms with E-state index < -0.39 is 24.8 Å². The quantitative estimate of drug-likeness (QED) is 0.493. The molecule has 0 aromatic heterocycles. The number of carbonyl (C=O) groups is 1. The van der Waals surface area contributed by atoms with Gasteiger partial charge in [0.25, 0.3) is 0 Å². The number of halogens is 3. The second kappa shape index (κ2) is 8.62. The van der Waals surface area contributed by atoms with Crippen molar-refractivity contribution >= 4 is 22.9 Å². The van der Waals surface area contributed by atoms with E-state index in [2.05, 4.69) is 16.0 Å². The first-order valence-electron chi connectivity index (χ1n) is 9.40. The van der Waals surface area contributed by atoms with Gasteiger partial charge in [0.1, 0.15) is 12.6 Å². The Labute approximate surface area is 168 Å². The van der Waals surface area contributed by atoms with Gasteiger partial charge in [0, 0.05) is 29.5 Å². The summed E-state index contributed by atoms with van der Waals surface area (Å²) >= 11 is 0. The molecule has 2 atom stereocenters. The Kier molecular flexibility index (Phi) is 6.85. The predicted molar refractivity (Wildman–Crippen MR) is 109 cm³/mol. The first-order valence-corrected chi connectivity index (χ1v) is 9.40. The van der Waals surface area contributed by atoms with Gasteiger partial charge >= 0.3 is 6.18 Å². The highest BCUT2D eigenvalue weighted by atomic mass is 19.4. The van der Waals surface area contributed by atoms with E-state index in [1.807, 2.05) is 27.7 Å².